The van der Waals surface area contributed by atoms with E-state index in [1.54, 1.807) is 18.5 Å². The molecule has 0 saturated heterocycles. The highest BCUT2D eigenvalue weighted by molar-refractivity contribution is 5.95. The molecule has 5 nitrogen and oxygen atoms in total. The summed E-state index contributed by atoms with van der Waals surface area (Å²) in [4.78, 5) is 18.8. The van der Waals surface area contributed by atoms with Crippen LogP contribution in [0.25, 0.3) is 10.9 Å². The van der Waals surface area contributed by atoms with Crippen LogP contribution in [-0.2, 0) is 0 Å². The summed E-state index contributed by atoms with van der Waals surface area (Å²) in [5, 5.41) is 9.65. The zero-order chi connectivity index (χ0) is 10.8. The average molecular weight is 204 g/mol. The van der Waals surface area contributed by atoms with Gasteiger partial charge < -0.3 is 9.84 Å². The Balaban J connectivity index is 2.74. The highest BCUT2D eigenvalue weighted by Gasteiger charge is 2.13. The van der Waals surface area contributed by atoms with Gasteiger partial charge in [0.25, 0.3) is 0 Å². The fourth-order valence-electron chi connectivity index (χ4n) is 1.31. The molecule has 0 aliphatic carbocycles. The minimum atomic E-state index is -1.06. The van der Waals surface area contributed by atoms with Crippen molar-refractivity contribution in [1.82, 2.24) is 9.97 Å². The number of pyridine rings is 2. The third-order valence-electron chi connectivity index (χ3n) is 2.01. The minimum absolute atomic E-state index is 0.0520. The second-order valence-corrected chi connectivity index (χ2v) is 2.92. The Hall–Kier alpha value is -2.17. The highest BCUT2D eigenvalue weighted by atomic mass is 16.5. The van der Waals surface area contributed by atoms with Gasteiger partial charge in [-0.25, -0.2) is 9.78 Å². The van der Waals surface area contributed by atoms with Crippen LogP contribution < -0.4 is 4.74 Å². The van der Waals surface area contributed by atoms with Gasteiger partial charge in [-0.05, 0) is 12.1 Å². The van der Waals surface area contributed by atoms with Gasteiger partial charge in [-0.1, -0.05) is 0 Å². The summed E-state index contributed by atoms with van der Waals surface area (Å²) in [6, 6.07) is 3.22. The number of nitrogens with zero attached hydrogens (tertiary/aromatic N) is 2. The normalized spacial score (nSPS) is 10.2. The van der Waals surface area contributed by atoms with E-state index in [1.807, 2.05) is 0 Å². The predicted octanol–water partition coefficient (Wildman–Crippen LogP) is 1.34. The molecule has 15 heavy (non-hydrogen) atoms. The first-order chi connectivity index (χ1) is 7.22. The van der Waals surface area contributed by atoms with Gasteiger partial charge in [-0.2, -0.15) is 0 Å². The second kappa shape index (κ2) is 3.53. The number of methoxy groups -OCH3 is 1. The van der Waals surface area contributed by atoms with Crippen molar-refractivity contribution in [2.45, 2.75) is 0 Å². The lowest BCUT2D eigenvalue weighted by Gasteiger charge is -2.04. The fraction of sp³-hybridized carbons (Fsp3) is 0.100. The number of carboxylic acid groups (broad SMARTS) is 1. The van der Waals surface area contributed by atoms with Gasteiger partial charge in [0, 0.05) is 11.6 Å². The molecule has 0 atom stereocenters. The lowest BCUT2D eigenvalue weighted by atomic mass is 10.2. The molecule has 1 N–H and O–H groups in total. The molecule has 0 spiro atoms. The zero-order valence-corrected chi connectivity index (χ0v) is 7.97. The molecule has 0 fully saturated rings. The Kier molecular flexibility index (Phi) is 2.21. The first kappa shape index (κ1) is 9.39. The molecule has 0 amide bonds. The molecular formula is C10H8N2O3. The van der Waals surface area contributed by atoms with E-state index in [-0.39, 0.29) is 11.4 Å². The minimum Gasteiger partial charge on any atom is -0.480 e. The summed E-state index contributed by atoms with van der Waals surface area (Å²) >= 11 is 0. The Morgan fingerprint density at radius 3 is 3.00 bits per heavy atom. The van der Waals surface area contributed by atoms with E-state index >= 15 is 0 Å². The van der Waals surface area contributed by atoms with Crippen LogP contribution in [0.3, 0.4) is 0 Å². The third-order valence-corrected chi connectivity index (χ3v) is 2.01. The number of rotatable bonds is 2. The first-order valence-electron chi connectivity index (χ1n) is 4.24. The Bertz CT molecular complexity index is 525. The zero-order valence-electron chi connectivity index (χ0n) is 7.97. The van der Waals surface area contributed by atoms with Gasteiger partial charge in [-0.15, -0.1) is 0 Å². The van der Waals surface area contributed by atoms with Crippen LogP contribution in [0.4, 0.5) is 0 Å². The standard InChI is InChI=1S/C10H8N2O3/c1-15-9-7(10(13)14)4-6-2-3-11-5-8(6)12-9/h2-5H,1H3,(H,13,14). The number of carboxylic acids is 1. The van der Waals surface area contributed by atoms with Crippen LogP contribution in [0.1, 0.15) is 10.4 Å². The van der Waals surface area contributed by atoms with Crippen LogP contribution in [0, 0.1) is 0 Å². The molecule has 0 radical (unpaired) electrons. The highest BCUT2D eigenvalue weighted by Crippen LogP contribution is 2.21. The van der Waals surface area contributed by atoms with Crippen LogP contribution in [-0.4, -0.2) is 28.2 Å². The van der Waals surface area contributed by atoms with E-state index in [1.165, 1.54) is 13.2 Å². The number of fused-ring (bicyclic) bond motifs is 1. The van der Waals surface area contributed by atoms with E-state index < -0.39 is 5.97 Å². The third kappa shape index (κ3) is 1.59. The summed E-state index contributed by atoms with van der Waals surface area (Å²) < 4.78 is 4.90. The van der Waals surface area contributed by atoms with Crippen LogP contribution in [0.2, 0.25) is 0 Å². The number of hydrogen-bond acceptors (Lipinski definition) is 4. The molecule has 2 aromatic rings. The van der Waals surface area contributed by atoms with Gasteiger partial charge in [0.2, 0.25) is 5.88 Å². The molecule has 2 aromatic heterocycles. The van der Waals surface area contributed by atoms with Gasteiger partial charge in [0.1, 0.15) is 5.56 Å². The first-order valence-corrected chi connectivity index (χ1v) is 4.24. The number of carbonyl (C=O) groups is 1. The lowest BCUT2D eigenvalue weighted by molar-refractivity contribution is 0.0692. The van der Waals surface area contributed by atoms with Crippen LogP contribution >= 0.6 is 0 Å². The average Bonchev–Trinajstić information content (AvgIpc) is 2.27. The molecule has 0 aliphatic rings. The van der Waals surface area contributed by atoms with Gasteiger partial charge in [0.05, 0.1) is 18.8 Å². The number of ether oxygens (including phenoxy) is 1. The summed E-state index contributed by atoms with van der Waals surface area (Å²) in [5.41, 5.74) is 0.663. The molecule has 0 saturated carbocycles. The summed E-state index contributed by atoms with van der Waals surface area (Å²) in [6.07, 6.45) is 3.14. The van der Waals surface area contributed by atoms with Crippen molar-refractivity contribution in [3.05, 3.63) is 30.1 Å². The summed E-state index contributed by atoms with van der Waals surface area (Å²) in [6.45, 7) is 0. The summed E-state index contributed by atoms with van der Waals surface area (Å²) in [7, 11) is 1.39. The molecule has 2 heterocycles. The topological polar surface area (TPSA) is 72.3 Å². The second-order valence-electron chi connectivity index (χ2n) is 2.92. The molecular weight excluding hydrogens is 196 g/mol. The largest absolute Gasteiger partial charge is 0.480 e. The summed E-state index contributed by atoms with van der Waals surface area (Å²) in [5.74, 6) is -0.957. The van der Waals surface area contributed by atoms with Crippen LogP contribution in [0.15, 0.2) is 24.5 Å². The van der Waals surface area contributed by atoms with E-state index in [0.717, 1.165) is 5.39 Å². The maximum atomic E-state index is 10.9. The Labute approximate surface area is 85.4 Å². The molecule has 76 valence electrons. The van der Waals surface area contributed by atoms with Crippen molar-refractivity contribution in [3.63, 3.8) is 0 Å². The van der Waals surface area contributed by atoms with Crippen molar-refractivity contribution in [2.75, 3.05) is 7.11 Å². The number of aromatic carboxylic acids is 1. The SMILES string of the molecule is COc1nc2cnccc2cc1C(=O)O. The fourth-order valence-corrected chi connectivity index (χ4v) is 1.31. The Morgan fingerprint density at radius 2 is 2.33 bits per heavy atom. The molecule has 0 aromatic carbocycles. The maximum Gasteiger partial charge on any atom is 0.341 e. The number of hydrogen-bond donors (Lipinski definition) is 1. The van der Waals surface area contributed by atoms with E-state index in [9.17, 15) is 4.79 Å². The molecule has 0 unspecified atom stereocenters. The molecule has 5 heteroatoms. The lowest BCUT2D eigenvalue weighted by Crippen LogP contribution is -2.02. The van der Waals surface area contributed by atoms with Crippen molar-refractivity contribution < 1.29 is 14.6 Å². The smallest absolute Gasteiger partial charge is 0.341 e. The predicted molar refractivity (Wildman–Crippen MR) is 53.0 cm³/mol. The monoisotopic (exact) mass is 204 g/mol. The molecule has 0 aliphatic heterocycles. The van der Waals surface area contributed by atoms with Gasteiger partial charge >= 0.3 is 5.97 Å². The molecule has 0 bridgehead atoms. The van der Waals surface area contributed by atoms with Crippen molar-refractivity contribution in [1.29, 1.82) is 0 Å². The van der Waals surface area contributed by atoms with Crippen LogP contribution in [0.5, 0.6) is 5.88 Å². The Morgan fingerprint density at radius 1 is 1.53 bits per heavy atom. The number of aromatic nitrogens is 2. The van der Waals surface area contributed by atoms with E-state index in [2.05, 4.69) is 9.97 Å². The maximum absolute atomic E-state index is 10.9. The molecule has 2 rings (SSSR count). The van der Waals surface area contributed by atoms with Gasteiger partial charge in [0.15, 0.2) is 0 Å². The van der Waals surface area contributed by atoms with Crippen molar-refractivity contribution >= 4 is 16.9 Å². The van der Waals surface area contributed by atoms with E-state index in [4.69, 9.17) is 9.84 Å². The van der Waals surface area contributed by atoms with E-state index in [0.29, 0.717) is 5.52 Å². The van der Waals surface area contributed by atoms with Crippen molar-refractivity contribution in [2.24, 2.45) is 0 Å². The van der Waals surface area contributed by atoms with Crippen molar-refractivity contribution in [3.8, 4) is 5.88 Å². The van der Waals surface area contributed by atoms with Gasteiger partial charge in [-0.3, -0.25) is 4.98 Å². The quantitative estimate of drug-likeness (QED) is 0.799.